The average Bonchev–Trinajstić information content (AvgIpc) is 2.40. The number of likely N-dealkylation sites (N-methyl/N-ethyl adjacent to an activating group) is 1. The van der Waals surface area contributed by atoms with Crippen molar-refractivity contribution in [2.75, 3.05) is 33.3 Å². The summed E-state index contributed by atoms with van der Waals surface area (Å²) in [5.74, 6) is -0.893. The van der Waals surface area contributed by atoms with E-state index in [9.17, 15) is 9.90 Å². The van der Waals surface area contributed by atoms with Gasteiger partial charge in [0.2, 0.25) is 0 Å². The van der Waals surface area contributed by atoms with Crippen LogP contribution in [0.1, 0.15) is 64.7 Å². The number of aliphatic carboxylic acids is 1. The molecule has 132 valence electrons. The summed E-state index contributed by atoms with van der Waals surface area (Å²) in [6.45, 7) is 2.85. The maximum Gasteiger partial charge on any atom is 0.359 e. The Morgan fingerprint density at radius 2 is 1.59 bits per heavy atom. The van der Waals surface area contributed by atoms with Crippen LogP contribution >= 0.6 is 0 Å². The summed E-state index contributed by atoms with van der Waals surface area (Å²) in [5.41, 5.74) is 0. The molecule has 0 heterocycles. The van der Waals surface area contributed by atoms with Crippen molar-refractivity contribution in [3.8, 4) is 0 Å². The highest BCUT2D eigenvalue weighted by Crippen LogP contribution is 2.13. The van der Waals surface area contributed by atoms with E-state index in [0.717, 1.165) is 12.8 Å². The Morgan fingerprint density at radius 1 is 1.05 bits per heavy atom. The number of aliphatic hydroxyl groups excluding tert-OH is 2. The minimum absolute atomic E-state index is 0.0605. The maximum absolute atomic E-state index is 10.9. The number of carboxylic acid groups (broad SMARTS) is 1. The second kappa shape index (κ2) is 12.9. The van der Waals surface area contributed by atoms with Gasteiger partial charge in [-0.2, -0.15) is 0 Å². The van der Waals surface area contributed by atoms with Crippen LogP contribution in [0.25, 0.3) is 0 Å². The van der Waals surface area contributed by atoms with E-state index in [1.807, 2.05) is 0 Å². The fraction of sp³-hybridized carbons (Fsp3) is 0.941. The van der Waals surface area contributed by atoms with Gasteiger partial charge in [-0.05, 0) is 6.42 Å². The van der Waals surface area contributed by atoms with Crippen molar-refractivity contribution in [1.29, 1.82) is 0 Å². The molecule has 0 radical (unpaired) electrons. The number of nitrogens with zero attached hydrogens (tertiary/aromatic N) is 1. The molecule has 0 amide bonds. The zero-order valence-electron chi connectivity index (χ0n) is 14.5. The third-order valence-corrected chi connectivity index (χ3v) is 4.20. The van der Waals surface area contributed by atoms with E-state index in [2.05, 4.69) is 6.92 Å². The molecule has 22 heavy (non-hydrogen) atoms. The normalized spacial score (nSPS) is 15.5. The number of carboxylic acids is 1. The van der Waals surface area contributed by atoms with Gasteiger partial charge in [0.15, 0.2) is 6.54 Å². The minimum Gasteiger partial charge on any atom is -0.477 e. The van der Waals surface area contributed by atoms with Gasteiger partial charge in [-0.1, -0.05) is 58.3 Å². The van der Waals surface area contributed by atoms with Crippen LogP contribution in [-0.2, 0) is 4.79 Å². The van der Waals surface area contributed by atoms with Crippen LogP contribution in [0.4, 0.5) is 0 Å². The van der Waals surface area contributed by atoms with Crippen LogP contribution in [0.3, 0.4) is 0 Å². The first-order valence-corrected chi connectivity index (χ1v) is 8.78. The Kier molecular flexibility index (Phi) is 12.5. The summed E-state index contributed by atoms with van der Waals surface area (Å²) in [6.07, 6.45) is 10.1. The predicted octanol–water partition coefficient (Wildman–Crippen LogP) is 2.40. The Morgan fingerprint density at radius 3 is 2.09 bits per heavy atom. The maximum atomic E-state index is 10.9. The lowest BCUT2D eigenvalue weighted by molar-refractivity contribution is -0.905. The monoisotopic (exact) mass is 318 g/mol. The molecular weight excluding hydrogens is 282 g/mol. The lowest BCUT2D eigenvalue weighted by atomic mass is 10.1. The molecule has 0 aromatic heterocycles. The highest BCUT2D eigenvalue weighted by Gasteiger charge is 2.27. The standard InChI is InChI=1S/C17H35NO4/c1-3-4-5-6-7-8-9-10-11-16(20)14-18(2,12-13-19)15-17(21)22/h16,19-20H,3-15H2,1-2H3/p+1. The number of aliphatic hydroxyl groups is 2. The largest absolute Gasteiger partial charge is 0.477 e. The first-order valence-electron chi connectivity index (χ1n) is 8.78. The highest BCUT2D eigenvalue weighted by molar-refractivity contribution is 5.67. The number of unbranched alkanes of at least 4 members (excludes halogenated alkanes) is 7. The van der Waals surface area contributed by atoms with E-state index in [-0.39, 0.29) is 17.6 Å². The molecule has 2 atom stereocenters. The molecule has 0 aliphatic heterocycles. The molecule has 0 saturated heterocycles. The van der Waals surface area contributed by atoms with E-state index in [4.69, 9.17) is 10.2 Å². The van der Waals surface area contributed by atoms with Gasteiger partial charge in [-0.3, -0.25) is 0 Å². The molecule has 2 unspecified atom stereocenters. The lowest BCUT2D eigenvalue weighted by Crippen LogP contribution is -2.53. The van der Waals surface area contributed by atoms with Crippen LogP contribution in [0, 0.1) is 0 Å². The summed E-state index contributed by atoms with van der Waals surface area (Å²) in [7, 11) is 1.78. The fourth-order valence-electron chi connectivity index (χ4n) is 2.92. The first kappa shape index (κ1) is 21.4. The molecule has 0 aliphatic carbocycles. The Hall–Kier alpha value is -0.650. The lowest BCUT2D eigenvalue weighted by Gasteiger charge is -2.34. The number of rotatable bonds is 15. The summed E-state index contributed by atoms with van der Waals surface area (Å²) in [4.78, 5) is 10.9. The van der Waals surface area contributed by atoms with Gasteiger partial charge < -0.3 is 19.8 Å². The van der Waals surface area contributed by atoms with E-state index in [1.54, 1.807) is 7.05 Å². The van der Waals surface area contributed by atoms with Crippen molar-refractivity contribution < 1.29 is 24.6 Å². The number of hydrogen-bond donors (Lipinski definition) is 3. The molecule has 3 N–H and O–H groups in total. The Balaban J connectivity index is 3.81. The van der Waals surface area contributed by atoms with Crippen molar-refractivity contribution in [2.24, 2.45) is 0 Å². The van der Waals surface area contributed by atoms with E-state index >= 15 is 0 Å². The van der Waals surface area contributed by atoms with Crippen molar-refractivity contribution in [2.45, 2.75) is 70.8 Å². The van der Waals surface area contributed by atoms with Crippen molar-refractivity contribution in [1.82, 2.24) is 0 Å². The molecule has 0 rings (SSSR count). The summed E-state index contributed by atoms with van der Waals surface area (Å²) < 4.78 is 0.185. The van der Waals surface area contributed by atoms with Gasteiger partial charge in [0.05, 0.1) is 13.7 Å². The molecule has 0 bridgehead atoms. The second-order valence-corrected chi connectivity index (χ2v) is 6.72. The molecule has 0 aromatic carbocycles. The number of hydrogen-bond acceptors (Lipinski definition) is 3. The van der Waals surface area contributed by atoms with Crippen LogP contribution in [-0.4, -0.2) is 65.2 Å². The minimum atomic E-state index is -0.893. The summed E-state index contributed by atoms with van der Waals surface area (Å²) in [6, 6.07) is 0. The highest BCUT2D eigenvalue weighted by atomic mass is 16.4. The van der Waals surface area contributed by atoms with Crippen molar-refractivity contribution in [3.63, 3.8) is 0 Å². The molecule has 0 aliphatic rings. The van der Waals surface area contributed by atoms with Gasteiger partial charge in [0.1, 0.15) is 19.2 Å². The van der Waals surface area contributed by atoms with Gasteiger partial charge in [-0.25, -0.2) is 4.79 Å². The van der Waals surface area contributed by atoms with E-state index < -0.39 is 12.1 Å². The van der Waals surface area contributed by atoms with E-state index in [0.29, 0.717) is 19.5 Å². The van der Waals surface area contributed by atoms with Crippen molar-refractivity contribution in [3.05, 3.63) is 0 Å². The van der Waals surface area contributed by atoms with Crippen LogP contribution in [0.5, 0.6) is 0 Å². The zero-order chi connectivity index (χ0) is 16.8. The average molecular weight is 318 g/mol. The Bertz CT molecular complexity index is 286. The molecule has 5 nitrogen and oxygen atoms in total. The third-order valence-electron chi connectivity index (χ3n) is 4.20. The topological polar surface area (TPSA) is 77.8 Å². The SMILES string of the molecule is CCCCCCCCCCC(O)C[N+](C)(CCO)CC(=O)O. The van der Waals surface area contributed by atoms with E-state index in [1.165, 1.54) is 38.5 Å². The smallest absolute Gasteiger partial charge is 0.359 e. The quantitative estimate of drug-likeness (QED) is 0.320. The first-order chi connectivity index (χ1) is 10.4. The fourth-order valence-corrected chi connectivity index (χ4v) is 2.92. The molecule has 5 heteroatoms. The summed E-state index contributed by atoms with van der Waals surface area (Å²) >= 11 is 0. The second-order valence-electron chi connectivity index (χ2n) is 6.72. The summed E-state index contributed by atoms with van der Waals surface area (Å²) in [5, 5.41) is 28.1. The van der Waals surface area contributed by atoms with Gasteiger partial charge in [-0.15, -0.1) is 0 Å². The molecule has 0 saturated carbocycles. The third kappa shape index (κ3) is 12.0. The van der Waals surface area contributed by atoms with Gasteiger partial charge >= 0.3 is 5.97 Å². The molecular formula is C17H36NO4+. The van der Waals surface area contributed by atoms with Crippen LogP contribution < -0.4 is 0 Å². The predicted molar refractivity (Wildman–Crippen MR) is 88.7 cm³/mol. The van der Waals surface area contributed by atoms with Crippen molar-refractivity contribution >= 4 is 5.97 Å². The Labute approximate surface area is 135 Å². The van der Waals surface area contributed by atoms with Gasteiger partial charge in [0.25, 0.3) is 0 Å². The van der Waals surface area contributed by atoms with Crippen LogP contribution in [0.15, 0.2) is 0 Å². The zero-order valence-corrected chi connectivity index (χ0v) is 14.5. The molecule has 0 spiro atoms. The number of carbonyl (C=O) groups is 1. The van der Waals surface area contributed by atoms with Crippen LogP contribution in [0.2, 0.25) is 0 Å². The van der Waals surface area contributed by atoms with Gasteiger partial charge in [0, 0.05) is 0 Å². The molecule has 0 aromatic rings. The molecule has 0 fully saturated rings. The number of quaternary nitrogens is 1.